The van der Waals surface area contributed by atoms with E-state index in [1.165, 1.54) is 19.2 Å². The first kappa shape index (κ1) is 15.9. The number of nitrogens with zero attached hydrogens (tertiary/aromatic N) is 2. The second kappa shape index (κ2) is 5.31. The first-order valence-electron chi connectivity index (χ1n) is 7.10. The van der Waals surface area contributed by atoms with Crippen molar-refractivity contribution in [3.63, 3.8) is 0 Å². The lowest BCUT2D eigenvalue weighted by Gasteiger charge is -2.09. The van der Waals surface area contributed by atoms with Gasteiger partial charge in [0.1, 0.15) is 11.4 Å². The van der Waals surface area contributed by atoms with Gasteiger partial charge in [-0.05, 0) is 47.9 Å². The van der Waals surface area contributed by atoms with Gasteiger partial charge in [-0.1, -0.05) is 12.1 Å². The number of benzene rings is 2. The number of phenols is 1. The van der Waals surface area contributed by atoms with Gasteiger partial charge in [0.2, 0.25) is 0 Å². The maximum Gasteiger partial charge on any atom is 0.431 e. The van der Waals surface area contributed by atoms with E-state index in [0.29, 0.717) is 27.6 Å². The third-order valence-electron chi connectivity index (χ3n) is 4.09. The van der Waals surface area contributed by atoms with Gasteiger partial charge in [-0.25, -0.2) is 4.85 Å². The smallest absolute Gasteiger partial charge is 0.431 e. The van der Waals surface area contributed by atoms with Crippen molar-refractivity contribution >= 4 is 16.6 Å². The number of aryl methyl sites for hydroxylation is 2. The summed E-state index contributed by atoms with van der Waals surface area (Å²) in [5, 5.41) is 10.3. The van der Waals surface area contributed by atoms with E-state index in [2.05, 4.69) is 4.85 Å². The Bertz CT molecular complexity index is 994. The van der Waals surface area contributed by atoms with Crippen LogP contribution in [-0.4, -0.2) is 9.67 Å². The minimum atomic E-state index is -4.49. The van der Waals surface area contributed by atoms with E-state index >= 15 is 0 Å². The van der Waals surface area contributed by atoms with E-state index in [1.54, 1.807) is 25.1 Å². The second-order valence-electron chi connectivity index (χ2n) is 5.63. The number of aromatic nitrogens is 1. The molecule has 1 aromatic heterocycles. The molecule has 0 radical (unpaired) electrons. The van der Waals surface area contributed by atoms with Crippen LogP contribution in [0.5, 0.6) is 5.75 Å². The molecule has 3 rings (SSSR count). The Labute approximate surface area is 136 Å². The zero-order valence-corrected chi connectivity index (χ0v) is 12.9. The highest BCUT2D eigenvalue weighted by molar-refractivity contribution is 5.99. The van der Waals surface area contributed by atoms with Crippen molar-refractivity contribution in [2.75, 3.05) is 0 Å². The molecule has 3 aromatic rings. The summed E-state index contributed by atoms with van der Waals surface area (Å²) < 4.78 is 40.6. The number of aromatic hydroxyl groups is 1. The van der Waals surface area contributed by atoms with Crippen molar-refractivity contribution < 1.29 is 18.3 Å². The van der Waals surface area contributed by atoms with Gasteiger partial charge in [-0.2, -0.15) is 13.2 Å². The summed E-state index contributed by atoms with van der Waals surface area (Å²) in [6.45, 7) is 8.93. The van der Waals surface area contributed by atoms with Crippen LogP contribution in [0.1, 0.15) is 11.3 Å². The molecule has 24 heavy (non-hydrogen) atoms. The number of hydrogen-bond acceptors (Lipinski definition) is 1. The van der Waals surface area contributed by atoms with Crippen LogP contribution in [0, 0.1) is 13.5 Å². The van der Waals surface area contributed by atoms with Crippen LogP contribution >= 0.6 is 0 Å². The maximum atomic E-state index is 13.2. The molecule has 0 amide bonds. The minimum absolute atomic E-state index is 0.0563. The monoisotopic (exact) mass is 330 g/mol. The van der Waals surface area contributed by atoms with Gasteiger partial charge in [0, 0.05) is 18.0 Å². The highest BCUT2D eigenvalue weighted by atomic mass is 19.4. The van der Waals surface area contributed by atoms with Crippen LogP contribution in [0.25, 0.3) is 26.9 Å². The highest BCUT2D eigenvalue weighted by Crippen LogP contribution is 2.40. The summed E-state index contributed by atoms with van der Waals surface area (Å²) in [5.41, 5.74) is 1.50. The first-order valence-corrected chi connectivity index (χ1v) is 7.10. The fourth-order valence-corrected chi connectivity index (χ4v) is 2.77. The molecule has 0 aliphatic carbocycles. The Morgan fingerprint density at radius 3 is 2.42 bits per heavy atom. The lowest BCUT2D eigenvalue weighted by atomic mass is 9.99. The van der Waals surface area contributed by atoms with Gasteiger partial charge in [-0.15, -0.1) is 0 Å². The molecule has 122 valence electrons. The van der Waals surface area contributed by atoms with Gasteiger partial charge in [0.15, 0.2) is 5.69 Å². The number of fused-ring (bicyclic) bond motifs is 1. The average molecular weight is 330 g/mol. The van der Waals surface area contributed by atoms with E-state index in [-0.39, 0.29) is 11.4 Å². The van der Waals surface area contributed by atoms with Crippen molar-refractivity contribution in [3.8, 4) is 16.9 Å². The molecule has 6 heteroatoms. The van der Waals surface area contributed by atoms with Crippen LogP contribution in [0.3, 0.4) is 0 Å². The lowest BCUT2D eigenvalue weighted by molar-refractivity contribution is -0.142. The number of phenolic OH excluding ortho intramolecular Hbond substituents is 1. The number of alkyl halides is 3. The van der Waals surface area contributed by atoms with Crippen molar-refractivity contribution in [1.82, 2.24) is 4.57 Å². The minimum Gasteiger partial charge on any atom is -0.508 e. The largest absolute Gasteiger partial charge is 0.508 e. The molecule has 0 aliphatic rings. The van der Waals surface area contributed by atoms with E-state index < -0.39 is 11.9 Å². The third kappa shape index (κ3) is 2.48. The summed E-state index contributed by atoms with van der Waals surface area (Å²) in [4.78, 5) is 3.35. The Kier molecular flexibility index (Phi) is 3.52. The summed E-state index contributed by atoms with van der Waals surface area (Å²) in [7, 11) is 1.33. The molecule has 0 fully saturated rings. The molecule has 0 saturated heterocycles. The molecule has 0 bridgehead atoms. The Morgan fingerprint density at radius 1 is 1.12 bits per heavy atom. The fraction of sp³-hybridized carbons (Fsp3) is 0.167. The molecular formula is C18H13F3N2O. The topological polar surface area (TPSA) is 29.5 Å². The fourth-order valence-electron chi connectivity index (χ4n) is 2.77. The van der Waals surface area contributed by atoms with Crippen molar-refractivity contribution in [1.29, 1.82) is 0 Å². The van der Waals surface area contributed by atoms with E-state index in [0.717, 1.165) is 10.6 Å². The van der Waals surface area contributed by atoms with Gasteiger partial charge in [0.05, 0.1) is 6.57 Å². The van der Waals surface area contributed by atoms with Crippen LogP contribution in [-0.2, 0) is 13.2 Å². The summed E-state index contributed by atoms with van der Waals surface area (Å²) in [6.07, 6.45) is -4.49. The molecule has 1 N–H and O–H groups in total. The number of rotatable bonds is 1. The van der Waals surface area contributed by atoms with Crippen molar-refractivity contribution in [2.24, 2.45) is 7.05 Å². The van der Waals surface area contributed by atoms with E-state index in [9.17, 15) is 18.3 Å². The van der Waals surface area contributed by atoms with E-state index in [1.807, 2.05) is 0 Å². The predicted molar refractivity (Wildman–Crippen MR) is 86.0 cm³/mol. The van der Waals surface area contributed by atoms with E-state index in [4.69, 9.17) is 6.57 Å². The summed E-state index contributed by atoms with van der Waals surface area (Å²) in [5.74, 6) is 0.0563. The molecule has 0 atom stereocenters. The third-order valence-corrected chi connectivity index (χ3v) is 4.09. The molecular weight excluding hydrogens is 317 g/mol. The van der Waals surface area contributed by atoms with Gasteiger partial charge in [-0.3, -0.25) is 0 Å². The Hall–Kier alpha value is -2.94. The first-order chi connectivity index (χ1) is 11.2. The molecule has 2 aromatic carbocycles. The molecule has 0 aliphatic heterocycles. The number of halogens is 3. The maximum absolute atomic E-state index is 13.2. The molecule has 0 spiro atoms. The van der Waals surface area contributed by atoms with Crippen molar-refractivity contribution in [3.05, 3.63) is 59.1 Å². The Morgan fingerprint density at radius 2 is 1.83 bits per heavy atom. The molecule has 0 saturated carbocycles. The molecule has 0 unspecified atom stereocenters. The second-order valence-corrected chi connectivity index (χ2v) is 5.63. The number of hydrogen-bond donors (Lipinski definition) is 1. The normalized spacial score (nSPS) is 11.7. The average Bonchev–Trinajstić information content (AvgIpc) is 2.86. The SMILES string of the molecule is [C-]#[N+]c1cc(-c2ccc(C)c(O)c2)c2cc(C(F)(F)F)n(C)c2c1. The van der Waals surface area contributed by atoms with Crippen LogP contribution < -0.4 is 0 Å². The van der Waals surface area contributed by atoms with Crippen molar-refractivity contribution in [2.45, 2.75) is 13.1 Å². The van der Waals surface area contributed by atoms with Crippen LogP contribution in [0.2, 0.25) is 0 Å². The van der Waals surface area contributed by atoms with Crippen LogP contribution in [0.15, 0.2) is 36.4 Å². The molecule has 3 nitrogen and oxygen atoms in total. The zero-order valence-electron chi connectivity index (χ0n) is 12.9. The molecule has 1 heterocycles. The zero-order chi connectivity index (χ0) is 17.6. The summed E-state index contributed by atoms with van der Waals surface area (Å²) in [6, 6.07) is 8.97. The summed E-state index contributed by atoms with van der Waals surface area (Å²) >= 11 is 0. The Balaban J connectivity index is 2.38. The lowest BCUT2D eigenvalue weighted by Crippen LogP contribution is -2.10. The van der Waals surface area contributed by atoms with Crippen LogP contribution in [0.4, 0.5) is 18.9 Å². The van der Waals surface area contributed by atoms with Gasteiger partial charge < -0.3 is 9.67 Å². The highest BCUT2D eigenvalue weighted by Gasteiger charge is 2.35. The predicted octanol–water partition coefficient (Wildman–Crippen LogP) is 5.43. The van der Waals surface area contributed by atoms with Gasteiger partial charge >= 0.3 is 6.18 Å². The van der Waals surface area contributed by atoms with Gasteiger partial charge in [0.25, 0.3) is 0 Å². The quantitative estimate of drug-likeness (QED) is 0.592. The standard InChI is InChI=1S/C18H13F3N2O/c1-10-4-5-11(6-16(10)24)13-7-12(22-2)8-15-14(13)9-17(23(15)3)18(19,20)21/h4-9,24H,1,3H3.